The van der Waals surface area contributed by atoms with Crippen LogP contribution in [0.1, 0.15) is 24.1 Å². The van der Waals surface area contributed by atoms with E-state index in [0.717, 1.165) is 16.9 Å². The van der Waals surface area contributed by atoms with Crippen LogP contribution in [-0.4, -0.2) is 29.3 Å². The van der Waals surface area contributed by atoms with Gasteiger partial charge in [-0.15, -0.1) is 0 Å². The highest BCUT2D eigenvalue weighted by Gasteiger charge is 2.10. The predicted molar refractivity (Wildman–Crippen MR) is 83.3 cm³/mol. The van der Waals surface area contributed by atoms with Crippen LogP contribution < -0.4 is 10.1 Å². The first-order chi connectivity index (χ1) is 10.2. The average Bonchev–Trinajstić information content (AvgIpc) is 2.52. The molecule has 1 aromatic heterocycles. The number of aromatic nitrogens is 1. The topological polar surface area (TPSA) is 54.4 Å². The van der Waals surface area contributed by atoms with E-state index in [0.29, 0.717) is 6.54 Å². The fourth-order valence-corrected chi connectivity index (χ4v) is 2.05. The molecule has 0 spiro atoms. The Morgan fingerprint density at radius 2 is 1.90 bits per heavy atom. The largest absolute Gasteiger partial charge is 0.491 e. The smallest absolute Gasteiger partial charge is 0.122 e. The Kier molecular flexibility index (Phi) is 5.72. The molecule has 0 bridgehead atoms. The minimum Gasteiger partial charge on any atom is -0.491 e. The zero-order valence-corrected chi connectivity index (χ0v) is 12.5. The molecule has 2 N–H and O–H groups in total. The molecule has 2 rings (SSSR count). The third-order valence-electron chi connectivity index (χ3n) is 3.39. The number of pyridine rings is 1. The van der Waals surface area contributed by atoms with Gasteiger partial charge in [-0.1, -0.05) is 18.2 Å². The van der Waals surface area contributed by atoms with Crippen molar-refractivity contribution in [2.24, 2.45) is 0 Å². The Balaban J connectivity index is 1.75. The Hall–Kier alpha value is -1.91. The number of aliphatic hydroxyl groups excluding tert-OH is 1. The van der Waals surface area contributed by atoms with Gasteiger partial charge in [0.2, 0.25) is 0 Å². The maximum absolute atomic E-state index is 10.00. The molecule has 0 radical (unpaired) electrons. The van der Waals surface area contributed by atoms with Gasteiger partial charge in [-0.2, -0.15) is 0 Å². The van der Waals surface area contributed by atoms with Crippen LogP contribution in [0.15, 0.2) is 48.8 Å². The number of aliphatic hydroxyl groups is 1. The third-order valence-corrected chi connectivity index (χ3v) is 3.39. The molecule has 0 aliphatic rings. The molecule has 112 valence electrons. The fraction of sp³-hybridized carbons (Fsp3) is 0.353. The third kappa shape index (κ3) is 4.85. The van der Waals surface area contributed by atoms with Crippen LogP contribution in [-0.2, 0) is 0 Å². The molecule has 2 unspecified atom stereocenters. The summed E-state index contributed by atoms with van der Waals surface area (Å²) in [6, 6.07) is 11.9. The average molecular weight is 286 g/mol. The number of hydrogen-bond donors (Lipinski definition) is 2. The molecule has 0 saturated carbocycles. The van der Waals surface area contributed by atoms with Gasteiger partial charge in [-0.3, -0.25) is 4.98 Å². The SMILES string of the molecule is Cc1ccccc1OCC(O)CNC(C)c1ccncc1. The number of aryl methyl sites for hydroxylation is 1. The lowest BCUT2D eigenvalue weighted by molar-refractivity contribution is 0.104. The summed E-state index contributed by atoms with van der Waals surface area (Å²) in [7, 11) is 0. The molecular formula is C17H22N2O2. The van der Waals surface area contributed by atoms with E-state index in [-0.39, 0.29) is 12.6 Å². The van der Waals surface area contributed by atoms with Crippen LogP contribution in [0.2, 0.25) is 0 Å². The molecule has 1 aromatic carbocycles. The molecule has 0 saturated heterocycles. The van der Waals surface area contributed by atoms with Crippen molar-refractivity contribution in [1.29, 1.82) is 0 Å². The molecular weight excluding hydrogens is 264 g/mol. The van der Waals surface area contributed by atoms with Crippen LogP contribution in [0.4, 0.5) is 0 Å². The number of ether oxygens (including phenoxy) is 1. The maximum atomic E-state index is 10.00. The number of nitrogens with one attached hydrogen (secondary N) is 1. The van der Waals surface area contributed by atoms with Crippen molar-refractivity contribution < 1.29 is 9.84 Å². The Morgan fingerprint density at radius 3 is 2.62 bits per heavy atom. The van der Waals surface area contributed by atoms with Gasteiger partial charge < -0.3 is 15.2 Å². The summed E-state index contributed by atoms with van der Waals surface area (Å²) < 4.78 is 5.64. The summed E-state index contributed by atoms with van der Waals surface area (Å²) in [5.74, 6) is 0.818. The van der Waals surface area contributed by atoms with Crippen LogP contribution in [0, 0.1) is 6.92 Å². The lowest BCUT2D eigenvalue weighted by Crippen LogP contribution is -2.33. The van der Waals surface area contributed by atoms with E-state index in [1.54, 1.807) is 12.4 Å². The molecule has 4 heteroatoms. The lowest BCUT2D eigenvalue weighted by Gasteiger charge is -2.18. The van der Waals surface area contributed by atoms with Crippen molar-refractivity contribution >= 4 is 0 Å². The van der Waals surface area contributed by atoms with Crippen molar-refractivity contribution in [3.05, 3.63) is 59.9 Å². The first kappa shape index (κ1) is 15.5. The van der Waals surface area contributed by atoms with E-state index < -0.39 is 6.10 Å². The van der Waals surface area contributed by atoms with Gasteiger partial charge in [0, 0.05) is 25.0 Å². The van der Waals surface area contributed by atoms with Crippen molar-refractivity contribution in [3.8, 4) is 5.75 Å². The Morgan fingerprint density at radius 1 is 1.19 bits per heavy atom. The van der Waals surface area contributed by atoms with Crippen molar-refractivity contribution in [3.63, 3.8) is 0 Å². The van der Waals surface area contributed by atoms with E-state index in [4.69, 9.17) is 4.74 Å². The number of para-hydroxylation sites is 1. The molecule has 0 aliphatic heterocycles. The monoisotopic (exact) mass is 286 g/mol. The second-order valence-electron chi connectivity index (χ2n) is 5.14. The molecule has 1 heterocycles. The summed E-state index contributed by atoms with van der Waals surface area (Å²) in [5.41, 5.74) is 2.22. The van der Waals surface area contributed by atoms with Gasteiger partial charge in [0.15, 0.2) is 0 Å². The van der Waals surface area contributed by atoms with Gasteiger partial charge in [0.25, 0.3) is 0 Å². The van der Waals surface area contributed by atoms with E-state index >= 15 is 0 Å². The number of benzene rings is 1. The van der Waals surface area contributed by atoms with E-state index in [1.165, 1.54) is 0 Å². The molecule has 4 nitrogen and oxygen atoms in total. The molecule has 2 aromatic rings. The van der Waals surface area contributed by atoms with Gasteiger partial charge in [-0.25, -0.2) is 0 Å². The summed E-state index contributed by atoms with van der Waals surface area (Å²) >= 11 is 0. The zero-order valence-electron chi connectivity index (χ0n) is 12.5. The molecule has 0 amide bonds. The lowest BCUT2D eigenvalue weighted by atomic mass is 10.1. The van der Waals surface area contributed by atoms with E-state index in [1.807, 2.05) is 43.3 Å². The highest BCUT2D eigenvalue weighted by Crippen LogP contribution is 2.16. The van der Waals surface area contributed by atoms with E-state index in [9.17, 15) is 5.11 Å². The minimum atomic E-state index is -0.547. The van der Waals surface area contributed by atoms with Crippen molar-refractivity contribution in [2.75, 3.05) is 13.2 Å². The van der Waals surface area contributed by atoms with Crippen LogP contribution in [0.25, 0.3) is 0 Å². The highest BCUT2D eigenvalue weighted by molar-refractivity contribution is 5.31. The quantitative estimate of drug-likeness (QED) is 0.821. The van der Waals surface area contributed by atoms with Crippen LogP contribution in [0.3, 0.4) is 0 Å². The predicted octanol–water partition coefficient (Wildman–Crippen LogP) is 2.48. The zero-order chi connectivity index (χ0) is 15.1. The molecule has 2 atom stereocenters. The van der Waals surface area contributed by atoms with Gasteiger partial charge >= 0.3 is 0 Å². The van der Waals surface area contributed by atoms with Crippen molar-refractivity contribution in [2.45, 2.75) is 26.0 Å². The van der Waals surface area contributed by atoms with Gasteiger partial charge in [0.05, 0.1) is 0 Å². The number of hydrogen-bond acceptors (Lipinski definition) is 4. The molecule has 21 heavy (non-hydrogen) atoms. The van der Waals surface area contributed by atoms with Gasteiger partial charge in [0.1, 0.15) is 18.5 Å². The second kappa shape index (κ2) is 7.76. The Labute approximate surface area is 125 Å². The summed E-state index contributed by atoms with van der Waals surface area (Å²) in [6.07, 6.45) is 2.99. The first-order valence-corrected chi connectivity index (χ1v) is 7.16. The summed E-state index contributed by atoms with van der Waals surface area (Å²) in [6.45, 7) is 4.81. The van der Waals surface area contributed by atoms with Gasteiger partial charge in [-0.05, 0) is 43.2 Å². The van der Waals surface area contributed by atoms with E-state index in [2.05, 4.69) is 17.2 Å². The maximum Gasteiger partial charge on any atom is 0.122 e. The van der Waals surface area contributed by atoms with Crippen LogP contribution >= 0.6 is 0 Å². The second-order valence-corrected chi connectivity index (χ2v) is 5.14. The normalized spacial score (nSPS) is 13.7. The number of nitrogens with zero attached hydrogens (tertiary/aromatic N) is 1. The first-order valence-electron chi connectivity index (χ1n) is 7.16. The molecule has 0 aliphatic carbocycles. The standard InChI is InChI=1S/C17H22N2O2/c1-13-5-3-4-6-17(13)21-12-16(20)11-19-14(2)15-7-9-18-10-8-15/h3-10,14,16,19-20H,11-12H2,1-2H3. The summed E-state index contributed by atoms with van der Waals surface area (Å²) in [4.78, 5) is 4.00. The minimum absolute atomic E-state index is 0.168. The fourth-order valence-electron chi connectivity index (χ4n) is 2.05. The molecule has 0 fully saturated rings. The Bertz CT molecular complexity index is 545. The number of rotatable bonds is 7. The highest BCUT2D eigenvalue weighted by atomic mass is 16.5. The summed E-state index contributed by atoms with van der Waals surface area (Å²) in [5, 5.41) is 13.3. The van der Waals surface area contributed by atoms with Crippen LogP contribution in [0.5, 0.6) is 5.75 Å². The van der Waals surface area contributed by atoms with Crippen molar-refractivity contribution in [1.82, 2.24) is 10.3 Å².